The van der Waals surface area contributed by atoms with Gasteiger partial charge in [-0.15, -0.1) is 0 Å². The van der Waals surface area contributed by atoms with E-state index in [1.165, 1.54) is 19.2 Å². The Balaban J connectivity index is 1.69. The van der Waals surface area contributed by atoms with Crippen LogP contribution in [0, 0.1) is 0 Å². The summed E-state index contributed by atoms with van der Waals surface area (Å²) < 4.78 is 87.9. The lowest BCUT2D eigenvalue weighted by molar-refractivity contribution is -0.0500. The molecule has 0 aromatic heterocycles. The lowest BCUT2D eigenvalue weighted by Gasteiger charge is -2.36. The third-order valence-corrected chi connectivity index (χ3v) is 6.47. The van der Waals surface area contributed by atoms with Crippen molar-refractivity contribution in [3.8, 4) is 23.0 Å². The van der Waals surface area contributed by atoms with Gasteiger partial charge in [-0.05, 0) is 30.3 Å². The first-order valence-electron chi connectivity index (χ1n) is 9.99. The van der Waals surface area contributed by atoms with Crippen molar-refractivity contribution in [3.05, 3.63) is 82.9 Å². The van der Waals surface area contributed by atoms with Crippen molar-refractivity contribution >= 4 is 16.1 Å². The number of carbonyl (C=O) groups is 1. The maximum Gasteiger partial charge on any atom is 0.534 e. The summed E-state index contributed by atoms with van der Waals surface area (Å²) in [5.74, 6) is -0.802. The van der Waals surface area contributed by atoms with Crippen molar-refractivity contribution in [2.75, 3.05) is 13.9 Å². The third kappa shape index (κ3) is 3.56. The topological polar surface area (TPSA) is 97.4 Å². The fourth-order valence-corrected chi connectivity index (χ4v) is 4.53. The van der Waals surface area contributed by atoms with Crippen molar-refractivity contribution in [1.82, 2.24) is 0 Å². The van der Waals surface area contributed by atoms with Crippen molar-refractivity contribution in [3.63, 3.8) is 0 Å². The number of alkyl halides is 3. The van der Waals surface area contributed by atoms with Gasteiger partial charge in [-0.2, -0.15) is 21.6 Å². The predicted molar refractivity (Wildman–Crippen MR) is 113 cm³/mol. The Labute approximate surface area is 196 Å². The maximum absolute atomic E-state index is 12.8. The molecule has 5 rings (SSSR count). The van der Waals surface area contributed by atoms with Crippen LogP contribution >= 0.6 is 0 Å². The van der Waals surface area contributed by atoms with Gasteiger partial charge in [0, 0.05) is 35.9 Å². The zero-order valence-corrected chi connectivity index (χ0v) is 18.6. The van der Waals surface area contributed by atoms with Gasteiger partial charge in [0.1, 0.15) is 23.0 Å². The Kier molecular flexibility index (Phi) is 5.18. The SMILES string of the molecule is COCOc1ccc2c(c1)Oc1cc(OS(=O)(=O)C(F)(F)F)ccc1C21OC(=O)c2ccccc21. The number of hydrogen-bond donors (Lipinski definition) is 0. The van der Waals surface area contributed by atoms with E-state index in [0.717, 1.165) is 12.1 Å². The second-order valence-corrected chi connectivity index (χ2v) is 9.11. The van der Waals surface area contributed by atoms with Crippen molar-refractivity contribution < 1.29 is 49.5 Å². The molecule has 0 saturated heterocycles. The molecule has 8 nitrogen and oxygen atoms in total. The number of halogens is 3. The standard InChI is InChI=1S/C23H15F3O8S/c1-30-12-31-13-6-8-17-19(10-13)32-20-11-14(34-35(28,29)23(24,25)26)7-9-18(20)22(17)16-5-3-2-4-15(16)21(27)33-22/h2-11H,12H2,1H3. The smallest absolute Gasteiger partial charge is 0.467 e. The summed E-state index contributed by atoms with van der Waals surface area (Å²) in [6.07, 6.45) is 0. The zero-order chi connectivity index (χ0) is 25.0. The van der Waals surface area contributed by atoms with Crippen LogP contribution in [0.3, 0.4) is 0 Å². The summed E-state index contributed by atoms with van der Waals surface area (Å²) >= 11 is 0. The molecule has 2 heterocycles. The van der Waals surface area contributed by atoms with Gasteiger partial charge in [0.05, 0.1) is 5.56 Å². The van der Waals surface area contributed by atoms with Crippen LogP contribution in [0.25, 0.3) is 0 Å². The Hall–Kier alpha value is -3.77. The highest BCUT2D eigenvalue weighted by Gasteiger charge is 2.54. The summed E-state index contributed by atoms with van der Waals surface area (Å²) in [5.41, 5.74) is -5.64. The molecule has 1 unspecified atom stereocenters. The molecule has 2 aliphatic rings. The lowest BCUT2D eigenvalue weighted by atomic mass is 9.77. The average Bonchev–Trinajstić information content (AvgIpc) is 3.09. The van der Waals surface area contributed by atoms with Crippen molar-refractivity contribution in [1.29, 1.82) is 0 Å². The number of carbonyl (C=O) groups excluding carboxylic acids is 1. The summed E-state index contributed by atoms with van der Waals surface area (Å²) in [4.78, 5) is 12.8. The van der Waals surface area contributed by atoms with Crippen LogP contribution in [0.2, 0.25) is 0 Å². The second kappa shape index (κ2) is 7.89. The van der Waals surface area contributed by atoms with Crippen LogP contribution in [-0.2, 0) is 25.2 Å². The van der Waals surface area contributed by atoms with Gasteiger partial charge < -0.3 is 23.1 Å². The van der Waals surface area contributed by atoms with Gasteiger partial charge in [-0.25, -0.2) is 4.79 Å². The Morgan fingerprint density at radius 3 is 2.20 bits per heavy atom. The largest absolute Gasteiger partial charge is 0.534 e. The molecule has 1 atom stereocenters. The Morgan fingerprint density at radius 1 is 0.914 bits per heavy atom. The predicted octanol–water partition coefficient (Wildman–Crippen LogP) is 4.47. The van der Waals surface area contributed by atoms with Crippen LogP contribution in [0.5, 0.6) is 23.0 Å². The van der Waals surface area contributed by atoms with Crippen molar-refractivity contribution in [2.24, 2.45) is 0 Å². The summed E-state index contributed by atoms with van der Waals surface area (Å²) in [6, 6.07) is 14.7. The van der Waals surface area contributed by atoms with E-state index in [1.54, 1.807) is 36.4 Å². The summed E-state index contributed by atoms with van der Waals surface area (Å²) in [6.45, 7) is -0.0639. The number of hydrogen-bond acceptors (Lipinski definition) is 8. The van der Waals surface area contributed by atoms with Gasteiger partial charge in [0.25, 0.3) is 0 Å². The van der Waals surface area contributed by atoms with E-state index >= 15 is 0 Å². The molecule has 0 bridgehead atoms. The Morgan fingerprint density at radius 2 is 1.54 bits per heavy atom. The van der Waals surface area contributed by atoms with Crippen molar-refractivity contribution in [2.45, 2.75) is 11.1 Å². The molecule has 12 heteroatoms. The molecule has 2 aliphatic heterocycles. The number of fused-ring (bicyclic) bond motifs is 6. The first-order chi connectivity index (χ1) is 16.6. The Bertz CT molecular complexity index is 1450. The van der Waals surface area contributed by atoms with Gasteiger partial charge in [-0.1, -0.05) is 18.2 Å². The van der Waals surface area contributed by atoms with E-state index in [9.17, 15) is 26.4 Å². The van der Waals surface area contributed by atoms with Crippen LogP contribution in [0.1, 0.15) is 27.0 Å². The monoisotopic (exact) mass is 508 g/mol. The van der Waals surface area contributed by atoms with E-state index in [4.69, 9.17) is 18.9 Å². The number of benzene rings is 3. The molecule has 182 valence electrons. The maximum atomic E-state index is 12.8. The van der Waals surface area contributed by atoms with Crippen LogP contribution in [0.4, 0.5) is 13.2 Å². The van der Waals surface area contributed by atoms with Crippen LogP contribution < -0.4 is 13.7 Å². The number of rotatable bonds is 5. The minimum Gasteiger partial charge on any atom is -0.467 e. The quantitative estimate of drug-likeness (QED) is 0.216. The number of methoxy groups -OCH3 is 1. The zero-order valence-electron chi connectivity index (χ0n) is 17.8. The number of esters is 1. The van der Waals surface area contributed by atoms with E-state index in [0.29, 0.717) is 22.4 Å². The van der Waals surface area contributed by atoms with E-state index < -0.39 is 32.9 Å². The van der Waals surface area contributed by atoms with Gasteiger partial charge in [0.15, 0.2) is 12.4 Å². The molecule has 35 heavy (non-hydrogen) atoms. The fraction of sp³-hybridized carbons (Fsp3) is 0.174. The first-order valence-corrected chi connectivity index (χ1v) is 11.4. The minimum atomic E-state index is -5.91. The molecule has 0 radical (unpaired) electrons. The minimum absolute atomic E-state index is 0.0639. The molecule has 0 aliphatic carbocycles. The molecule has 0 fully saturated rings. The number of ether oxygens (including phenoxy) is 4. The molecule has 0 saturated carbocycles. The van der Waals surface area contributed by atoms with Crippen LogP contribution in [0.15, 0.2) is 60.7 Å². The van der Waals surface area contributed by atoms with Gasteiger partial charge in [0.2, 0.25) is 0 Å². The first kappa shape index (κ1) is 23.0. The van der Waals surface area contributed by atoms with E-state index in [2.05, 4.69) is 4.18 Å². The highest BCUT2D eigenvalue weighted by Crippen LogP contribution is 2.57. The molecular formula is C23H15F3O8S. The normalized spacial score (nSPS) is 18.2. The molecule has 0 N–H and O–H groups in total. The highest BCUT2D eigenvalue weighted by atomic mass is 32.2. The lowest BCUT2D eigenvalue weighted by Crippen LogP contribution is -2.33. The molecule has 1 spiro atoms. The van der Waals surface area contributed by atoms with E-state index in [1.807, 2.05) is 0 Å². The third-order valence-electron chi connectivity index (χ3n) is 5.49. The summed E-state index contributed by atoms with van der Waals surface area (Å²) in [5, 5.41) is 0. The van der Waals surface area contributed by atoms with Crippen LogP contribution in [-0.4, -0.2) is 33.8 Å². The van der Waals surface area contributed by atoms with Gasteiger partial charge >= 0.3 is 21.6 Å². The highest BCUT2D eigenvalue weighted by molar-refractivity contribution is 7.88. The van der Waals surface area contributed by atoms with E-state index in [-0.39, 0.29) is 23.9 Å². The molecule has 3 aromatic rings. The molecule has 0 amide bonds. The average molecular weight is 508 g/mol. The van der Waals surface area contributed by atoms with Gasteiger partial charge in [-0.3, -0.25) is 0 Å². The second-order valence-electron chi connectivity index (χ2n) is 7.57. The molecule has 3 aromatic carbocycles. The fourth-order valence-electron chi connectivity index (χ4n) is 4.08. The summed E-state index contributed by atoms with van der Waals surface area (Å²) in [7, 11) is -4.48. The molecular weight excluding hydrogens is 493 g/mol.